The zero-order valence-electron chi connectivity index (χ0n) is 10.4. The Hall–Kier alpha value is -1.82. The van der Waals surface area contributed by atoms with E-state index in [9.17, 15) is 9.18 Å². The number of rotatable bonds is 2. The van der Waals surface area contributed by atoms with Gasteiger partial charge in [0.05, 0.1) is 18.0 Å². The summed E-state index contributed by atoms with van der Waals surface area (Å²) in [4.78, 5) is 12.2. The monoisotopic (exact) mass is 263 g/mol. The molecule has 6 heteroatoms. The van der Waals surface area contributed by atoms with Crippen LogP contribution in [0.15, 0.2) is 23.0 Å². The molecule has 19 heavy (non-hydrogen) atoms. The van der Waals surface area contributed by atoms with Crippen LogP contribution in [0.3, 0.4) is 0 Å². The lowest BCUT2D eigenvalue weighted by Gasteiger charge is -2.22. The van der Waals surface area contributed by atoms with Gasteiger partial charge in [-0.05, 0) is 31.4 Å². The standard InChI is InChI=1S/C13H14FN3O2/c14-9-4-5-11-12(7-9)15-16-17(13(11)18)8-10-3-1-2-6-19-10/h4-5,7,10H,1-3,6,8H2. The van der Waals surface area contributed by atoms with Crippen LogP contribution in [0.1, 0.15) is 19.3 Å². The van der Waals surface area contributed by atoms with E-state index in [-0.39, 0.29) is 17.2 Å². The summed E-state index contributed by atoms with van der Waals surface area (Å²) in [5, 5.41) is 8.12. The average molecular weight is 263 g/mol. The SMILES string of the molecule is O=c1c2ccc(F)cc2nnn1CC1CCCCO1. The number of hydrogen-bond acceptors (Lipinski definition) is 4. The maximum Gasteiger partial charge on any atom is 0.277 e. The van der Waals surface area contributed by atoms with Gasteiger partial charge in [-0.3, -0.25) is 4.79 Å². The summed E-state index contributed by atoms with van der Waals surface area (Å²) in [5.41, 5.74) is 0.0324. The lowest BCUT2D eigenvalue weighted by Crippen LogP contribution is -2.32. The minimum atomic E-state index is -0.422. The van der Waals surface area contributed by atoms with Gasteiger partial charge in [0.2, 0.25) is 0 Å². The molecule has 1 aromatic heterocycles. The fourth-order valence-corrected chi connectivity index (χ4v) is 2.31. The summed E-state index contributed by atoms with van der Waals surface area (Å²) < 4.78 is 19.9. The largest absolute Gasteiger partial charge is 0.376 e. The van der Waals surface area contributed by atoms with Crippen molar-refractivity contribution in [1.29, 1.82) is 0 Å². The first-order valence-electron chi connectivity index (χ1n) is 6.39. The van der Waals surface area contributed by atoms with E-state index in [0.717, 1.165) is 25.9 Å². The molecule has 1 aliphatic rings. The molecule has 0 aliphatic carbocycles. The van der Waals surface area contributed by atoms with E-state index >= 15 is 0 Å². The van der Waals surface area contributed by atoms with E-state index in [2.05, 4.69) is 10.3 Å². The predicted molar refractivity (Wildman–Crippen MR) is 67.3 cm³/mol. The molecule has 5 nitrogen and oxygen atoms in total. The number of halogens is 1. The molecule has 1 aromatic carbocycles. The number of fused-ring (bicyclic) bond motifs is 1. The van der Waals surface area contributed by atoms with E-state index < -0.39 is 5.82 Å². The van der Waals surface area contributed by atoms with Gasteiger partial charge in [-0.1, -0.05) is 5.21 Å². The molecular weight excluding hydrogens is 249 g/mol. The summed E-state index contributed by atoms with van der Waals surface area (Å²) in [6.45, 7) is 1.13. The summed E-state index contributed by atoms with van der Waals surface area (Å²) >= 11 is 0. The zero-order valence-corrected chi connectivity index (χ0v) is 10.4. The van der Waals surface area contributed by atoms with Crippen LogP contribution in [-0.4, -0.2) is 27.7 Å². The van der Waals surface area contributed by atoms with E-state index in [1.807, 2.05) is 0 Å². The Labute approximate surface area is 109 Å². The average Bonchev–Trinajstić information content (AvgIpc) is 2.43. The lowest BCUT2D eigenvalue weighted by atomic mass is 10.1. The first-order valence-corrected chi connectivity index (χ1v) is 6.39. The number of benzene rings is 1. The molecule has 0 N–H and O–H groups in total. The molecule has 0 radical (unpaired) electrons. The van der Waals surface area contributed by atoms with E-state index in [1.165, 1.54) is 22.9 Å². The first kappa shape index (κ1) is 12.2. The molecule has 2 aromatic rings. The van der Waals surface area contributed by atoms with Gasteiger partial charge in [0.1, 0.15) is 11.3 Å². The van der Waals surface area contributed by atoms with Crippen molar-refractivity contribution in [3.8, 4) is 0 Å². The molecule has 0 bridgehead atoms. The lowest BCUT2D eigenvalue weighted by molar-refractivity contribution is 0.00279. The Morgan fingerprint density at radius 2 is 2.32 bits per heavy atom. The van der Waals surface area contributed by atoms with Crippen LogP contribution in [0.2, 0.25) is 0 Å². The highest BCUT2D eigenvalue weighted by molar-refractivity contribution is 5.76. The maximum atomic E-state index is 13.0. The molecule has 100 valence electrons. The van der Waals surface area contributed by atoms with Gasteiger partial charge in [0.15, 0.2) is 0 Å². The molecule has 2 heterocycles. The molecule has 1 aliphatic heterocycles. The van der Waals surface area contributed by atoms with Crippen LogP contribution < -0.4 is 5.56 Å². The van der Waals surface area contributed by atoms with Gasteiger partial charge in [0, 0.05) is 12.7 Å². The quantitative estimate of drug-likeness (QED) is 0.824. The molecule has 1 saturated heterocycles. The molecular formula is C13H14FN3O2. The van der Waals surface area contributed by atoms with Crippen molar-refractivity contribution >= 4 is 10.9 Å². The summed E-state index contributed by atoms with van der Waals surface area (Å²) in [6.07, 6.45) is 3.11. The van der Waals surface area contributed by atoms with Crippen LogP contribution >= 0.6 is 0 Å². The zero-order chi connectivity index (χ0) is 13.2. The Balaban J connectivity index is 1.93. The predicted octanol–water partition coefficient (Wildman–Crippen LogP) is 1.50. The summed E-state index contributed by atoms with van der Waals surface area (Å²) in [6, 6.07) is 3.91. The molecule has 1 fully saturated rings. The topological polar surface area (TPSA) is 57.0 Å². The summed E-state index contributed by atoms with van der Waals surface area (Å²) in [7, 11) is 0. The van der Waals surface area contributed by atoms with Crippen LogP contribution in [0.4, 0.5) is 4.39 Å². The van der Waals surface area contributed by atoms with Crippen LogP contribution in [0.5, 0.6) is 0 Å². The molecule has 0 saturated carbocycles. The van der Waals surface area contributed by atoms with Gasteiger partial charge >= 0.3 is 0 Å². The van der Waals surface area contributed by atoms with Gasteiger partial charge in [-0.25, -0.2) is 9.07 Å². The highest BCUT2D eigenvalue weighted by atomic mass is 19.1. The van der Waals surface area contributed by atoms with E-state index in [1.54, 1.807) is 0 Å². The second-order valence-corrected chi connectivity index (χ2v) is 4.73. The second kappa shape index (κ2) is 5.05. The van der Waals surface area contributed by atoms with Gasteiger partial charge in [0.25, 0.3) is 5.56 Å². The molecule has 0 amide bonds. The fourth-order valence-electron chi connectivity index (χ4n) is 2.31. The third-order valence-corrected chi connectivity index (χ3v) is 3.34. The third-order valence-electron chi connectivity index (χ3n) is 3.34. The number of nitrogens with zero attached hydrogens (tertiary/aromatic N) is 3. The second-order valence-electron chi connectivity index (χ2n) is 4.73. The Morgan fingerprint density at radius 3 is 3.11 bits per heavy atom. The molecule has 0 spiro atoms. The fraction of sp³-hybridized carbons (Fsp3) is 0.462. The highest BCUT2D eigenvalue weighted by Gasteiger charge is 2.16. The smallest absolute Gasteiger partial charge is 0.277 e. The first-order chi connectivity index (χ1) is 9.24. The third kappa shape index (κ3) is 2.49. The highest BCUT2D eigenvalue weighted by Crippen LogP contribution is 2.14. The van der Waals surface area contributed by atoms with Gasteiger partial charge < -0.3 is 4.74 Å². The molecule has 3 rings (SSSR count). The number of ether oxygens (including phenoxy) is 1. The van der Waals surface area contributed by atoms with Crippen molar-refractivity contribution < 1.29 is 9.13 Å². The molecule has 1 unspecified atom stereocenters. The van der Waals surface area contributed by atoms with Crippen molar-refractivity contribution in [2.75, 3.05) is 6.61 Å². The van der Waals surface area contributed by atoms with Crippen molar-refractivity contribution in [1.82, 2.24) is 15.0 Å². The van der Waals surface area contributed by atoms with Crippen molar-refractivity contribution in [3.05, 3.63) is 34.4 Å². The Morgan fingerprint density at radius 1 is 1.42 bits per heavy atom. The Bertz CT molecular complexity index is 650. The van der Waals surface area contributed by atoms with Crippen molar-refractivity contribution in [2.24, 2.45) is 0 Å². The maximum absolute atomic E-state index is 13.0. The van der Waals surface area contributed by atoms with E-state index in [0.29, 0.717) is 11.9 Å². The van der Waals surface area contributed by atoms with Gasteiger partial charge in [-0.15, -0.1) is 5.10 Å². The van der Waals surface area contributed by atoms with E-state index in [4.69, 9.17) is 4.74 Å². The number of hydrogen-bond donors (Lipinski definition) is 0. The van der Waals surface area contributed by atoms with Crippen LogP contribution in [-0.2, 0) is 11.3 Å². The minimum absolute atomic E-state index is 0.0126. The Kier molecular flexibility index (Phi) is 3.25. The van der Waals surface area contributed by atoms with Crippen molar-refractivity contribution in [3.63, 3.8) is 0 Å². The van der Waals surface area contributed by atoms with Crippen LogP contribution in [0.25, 0.3) is 10.9 Å². The minimum Gasteiger partial charge on any atom is -0.376 e. The van der Waals surface area contributed by atoms with Crippen molar-refractivity contribution in [2.45, 2.75) is 31.9 Å². The number of aromatic nitrogens is 3. The normalized spacial score (nSPS) is 19.7. The van der Waals surface area contributed by atoms with Crippen LogP contribution in [0, 0.1) is 5.82 Å². The van der Waals surface area contributed by atoms with Gasteiger partial charge in [-0.2, -0.15) is 0 Å². The molecule has 1 atom stereocenters. The summed E-state index contributed by atoms with van der Waals surface area (Å²) in [5.74, 6) is -0.422.